The van der Waals surface area contributed by atoms with E-state index in [0.29, 0.717) is 51.2 Å². The Morgan fingerprint density at radius 1 is 1.00 bits per heavy atom. The first kappa shape index (κ1) is 35.5. The van der Waals surface area contributed by atoms with E-state index in [1.54, 1.807) is 13.8 Å². The Kier molecular flexibility index (Phi) is 15.1. The number of nitrogens with one attached hydrogen (secondary N) is 2. The largest absolute Gasteiger partial charge is 0.390 e. The predicted molar refractivity (Wildman–Crippen MR) is 164 cm³/mol. The molecule has 0 heterocycles. The van der Waals surface area contributed by atoms with Crippen LogP contribution in [0.2, 0.25) is 0 Å². The molecule has 5 atom stereocenters. The molecule has 2 aliphatic rings. The van der Waals surface area contributed by atoms with Gasteiger partial charge < -0.3 is 15.3 Å². The van der Waals surface area contributed by atoms with Gasteiger partial charge in [-0.05, 0) is 58.3 Å². The molecule has 0 aliphatic heterocycles. The molecule has 0 aromatic carbocycles. The van der Waals surface area contributed by atoms with Gasteiger partial charge in [0, 0.05) is 43.9 Å². The first-order valence-corrected chi connectivity index (χ1v) is 17.5. The van der Waals surface area contributed by atoms with Crippen molar-refractivity contribution in [1.82, 2.24) is 20.1 Å². The molecule has 5 unspecified atom stereocenters. The van der Waals surface area contributed by atoms with Crippen LogP contribution in [0.4, 0.5) is 0 Å². The summed E-state index contributed by atoms with van der Waals surface area (Å²) >= 11 is 0. The molecule has 0 saturated heterocycles. The lowest BCUT2D eigenvalue weighted by molar-refractivity contribution is -0.139. The van der Waals surface area contributed by atoms with Crippen LogP contribution in [0, 0.1) is 36.0 Å². The van der Waals surface area contributed by atoms with E-state index in [2.05, 4.69) is 29.9 Å². The summed E-state index contributed by atoms with van der Waals surface area (Å²) in [5, 5.41) is 15.4. The minimum absolute atomic E-state index is 0.0574. The number of carbonyl (C=O) groups excluding carboxylic acids is 2. The summed E-state index contributed by atoms with van der Waals surface area (Å²) in [5.41, 5.74) is 0. The second-order valence-corrected chi connectivity index (χ2v) is 14.7. The maximum atomic E-state index is 13.7. The van der Waals surface area contributed by atoms with E-state index in [1.807, 2.05) is 11.8 Å². The highest BCUT2D eigenvalue weighted by Gasteiger charge is 2.38. The number of aliphatic hydroxyl groups is 1. The minimum Gasteiger partial charge on any atom is -0.390 e. The molecule has 2 saturated carbocycles. The fraction of sp³-hybridized carbons (Fsp3) is 0.871. The fourth-order valence-corrected chi connectivity index (χ4v) is 7.04. The molecule has 9 nitrogen and oxygen atoms in total. The molecular formula is C31H56N4O5S. The molecule has 2 rings (SSSR count). The van der Waals surface area contributed by atoms with Crippen LogP contribution >= 0.6 is 0 Å². The molecule has 0 spiro atoms. The second kappa shape index (κ2) is 17.4. The Morgan fingerprint density at radius 3 is 2.15 bits per heavy atom. The van der Waals surface area contributed by atoms with Crippen molar-refractivity contribution in [2.24, 2.45) is 23.7 Å². The van der Waals surface area contributed by atoms with E-state index in [4.69, 9.17) is 6.42 Å². The number of nitrogens with zero attached hydrogens (tertiary/aromatic N) is 2. The normalized spacial score (nSPS) is 23.6. The van der Waals surface area contributed by atoms with E-state index in [9.17, 15) is 23.1 Å². The Bertz CT molecular complexity index is 954. The van der Waals surface area contributed by atoms with Gasteiger partial charge in [-0.25, -0.2) is 13.4 Å². The number of sulfonamides is 1. The number of hydrazine groups is 1. The van der Waals surface area contributed by atoms with Crippen molar-refractivity contribution in [2.45, 2.75) is 123 Å². The van der Waals surface area contributed by atoms with Crippen LogP contribution < -0.4 is 10.1 Å². The Hall–Kier alpha value is -1.67. The van der Waals surface area contributed by atoms with Gasteiger partial charge in [-0.3, -0.25) is 9.59 Å². The average molecular weight is 597 g/mol. The molecule has 10 heteroatoms. The van der Waals surface area contributed by atoms with Gasteiger partial charge in [-0.2, -0.15) is 0 Å². The van der Waals surface area contributed by atoms with Crippen molar-refractivity contribution in [3.05, 3.63) is 0 Å². The molecular weight excluding hydrogens is 540 g/mol. The number of rotatable bonds is 16. The summed E-state index contributed by atoms with van der Waals surface area (Å²) in [6, 6.07) is -0.528. The van der Waals surface area contributed by atoms with Crippen LogP contribution in [0.1, 0.15) is 105 Å². The van der Waals surface area contributed by atoms with Crippen molar-refractivity contribution in [2.75, 3.05) is 26.2 Å². The van der Waals surface area contributed by atoms with Gasteiger partial charge >= 0.3 is 0 Å². The first-order chi connectivity index (χ1) is 19.4. The molecule has 3 N–H and O–H groups in total. The maximum Gasteiger partial charge on any atom is 0.226 e. The molecule has 41 heavy (non-hydrogen) atoms. The third-order valence-electron chi connectivity index (χ3n) is 8.73. The number of hydrogen-bond acceptors (Lipinski definition) is 6. The second-order valence-electron chi connectivity index (χ2n) is 12.4. The zero-order valence-corrected chi connectivity index (χ0v) is 26.9. The quantitative estimate of drug-likeness (QED) is 0.185. The number of likely N-dealkylation sites (N-methyl/N-ethyl adjacent to an activating group) is 1. The zero-order chi connectivity index (χ0) is 30.6. The SMILES string of the molecule is C#CC1CC(C(=O)NC(CC2CCCCC2)C(O)CN(CC)NS(=O)(=O)C(C)C)CC(C(=O)N(CCC)CCC)C1. The summed E-state index contributed by atoms with van der Waals surface area (Å²) in [7, 11) is -3.56. The van der Waals surface area contributed by atoms with Gasteiger partial charge in [0.2, 0.25) is 21.8 Å². The summed E-state index contributed by atoms with van der Waals surface area (Å²) in [6.07, 6.45) is 14.4. The van der Waals surface area contributed by atoms with Crippen LogP contribution in [0.5, 0.6) is 0 Å². The smallest absolute Gasteiger partial charge is 0.226 e. The van der Waals surface area contributed by atoms with E-state index in [-0.39, 0.29) is 30.2 Å². The van der Waals surface area contributed by atoms with Gasteiger partial charge in [-0.1, -0.05) is 52.9 Å². The lowest BCUT2D eigenvalue weighted by Gasteiger charge is -2.37. The van der Waals surface area contributed by atoms with Crippen LogP contribution in [0.15, 0.2) is 0 Å². The highest BCUT2D eigenvalue weighted by atomic mass is 32.2. The molecule has 236 valence electrons. The van der Waals surface area contributed by atoms with E-state index >= 15 is 0 Å². The van der Waals surface area contributed by atoms with Gasteiger partial charge in [0.25, 0.3) is 0 Å². The van der Waals surface area contributed by atoms with Crippen LogP contribution in [0.3, 0.4) is 0 Å². The summed E-state index contributed by atoms with van der Waals surface area (Å²) in [5.74, 6) is 2.26. The molecule has 2 fully saturated rings. The van der Waals surface area contributed by atoms with Crippen molar-refractivity contribution < 1.29 is 23.1 Å². The van der Waals surface area contributed by atoms with Crippen molar-refractivity contribution in [3.8, 4) is 12.3 Å². The van der Waals surface area contributed by atoms with Gasteiger partial charge in [0.15, 0.2) is 0 Å². The van der Waals surface area contributed by atoms with Gasteiger partial charge in [0.1, 0.15) is 0 Å². The fourth-order valence-electron chi connectivity index (χ4n) is 6.27. The van der Waals surface area contributed by atoms with E-state index in [0.717, 1.165) is 38.5 Å². The van der Waals surface area contributed by atoms with Crippen LogP contribution in [0.25, 0.3) is 0 Å². The van der Waals surface area contributed by atoms with Crippen LogP contribution in [-0.4, -0.2) is 78.8 Å². The molecule has 2 aliphatic carbocycles. The number of carbonyl (C=O) groups is 2. The van der Waals surface area contributed by atoms with E-state index in [1.165, 1.54) is 11.4 Å². The lowest BCUT2D eigenvalue weighted by atomic mass is 9.74. The summed E-state index contributed by atoms with van der Waals surface area (Å²) in [6.45, 7) is 11.0. The minimum atomic E-state index is -3.56. The Balaban J connectivity index is 2.19. The third kappa shape index (κ3) is 11.2. The summed E-state index contributed by atoms with van der Waals surface area (Å²) < 4.78 is 25.0. The van der Waals surface area contributed by atoms with Crippen molar-refractivity contribution in [3.63, 3.8) is 0 Å². The molecule has 0 aromatic heterocycles. The van der Waals surface area contributed by atoms with Crippen molar-refractivity contribution in [1.29, 1.82) is 0 Å². The standard InChI is InChI=1S/C31H56N4O5S/c1-7-16-34(17-8-2)31(38)27-19-24(9-3)18-26(21-27)30(37)32-28(20-25-14-12-11-13-15-25)29(36)22-35(10-4)33-41(39,40)23(5)6/h3,23-29,33,36H,7-8,10-22H2,1-2,4-6H3,(H,32,37). The monoisotopic (exact) mass is 596 g/mol. The number of amides is 2. The molecule has 0 bridgehead atoms. The molecule has 0 aromatic rings. The lowest BCUT2D eigenvalue weighted by Crippen LogP contribution is -2.55. The Morgan fingerprint density at radius 2 is 1.61 bits per heavy atom. The molecule has 0 radical (unpaired) electrons. The third-order valence-corrected chi connectivity index (χ3v) is 10.5. The highest BCUT2D eigenvalue weighted by molar-refractivity contribution is 7.90. The van der Waals surface area contributed by atoms with Gasteiger partial charge in [0.05, 0.1) is 17.4 Å². The highest BCUT2D eigenvalue weighted by Crippen LogP contribution is 2.35. The van der Waals surface area contributed by atoms with E-state index < -0.39 is 33.3 Å². The van der Waals surface area contributed by atoms with Gasteiger partial charge in [-0.15, -0.1) is 17.2 Å². The van der Waals surface area contributed by atoms with Crippen LogP contribution in [-0.2, 0) is 19.6 Å². The number of hydrogen-bond donors (Lipinski definition) is 3. The number of terminal acetylenes is 1. The topological polar surface area (TPSA) is 119 Å². The Labute approximate surface area is 249 Å². The molecule has 2 amide bonds. The number of aliphatic hydroxyl groups excluding tert-OH is 1. The first-order valence-electron chi connectivity index (χ1n) is 15.9. The average Bonchev–Trinajstić information content (AvgIpc) is 2.95. The maximum absolute atomic E-state index is 13.7. The summed E-state index contributed by atoms with van der Waals surface area (Å²) in [4.78, 5) is 31.7. The zero-order valence-electron chi connectivity index (χ0n) is 26.1. The predicted octanol–water partition coefficient (Wildman–Crippen LogP) is 3.68. The van der Waals surface area contributed by atoms with Crippen molar-refractivity contribution >= 4 is 21.8 Å².